The Kier molecular flexibility index (Phi) is 3.56. The van der Waals surface area contributed by atoms with Crippen LogP contribution in [0.4, 0.5) is 5.69 Å². The molecule has 2 rings (SSSR count). The van der Waals surface area contributed by atoms with Gasteiger partial charge in [0.25, 0.3) is 0 Å². The quantitative estimate of drug-likeness (QED) is 0.432. The van der Waals surface area contributed by atoms with Crippen LogP contribution in [0.15, 0.2) is 12.4 Å². The van der Waals surface area contributed by atoms with Crippen LogP contribution in [0.2, 0.25) is 0 Å². The first kappa shape index (κ1) is 11.8. The first-order chi connectivity index (χ1) is 8.24. The third kappa shape index (κ3) is 2.72. The van der Waals surface area contributed by atoms with E-state index in [1.54, 1.807) is 6.20 Å². The third-order valence-corrected chi connectivity index (χ3v) is 2.86. The molecule has 1 aliphatic rings. The van der Waals surface area contributed by atoms with Gasteiger partial charge in [0.2, 0.25) is 5.75 Å². The maximum atomic E-state index is 10.9. The predicted octanol–water partition coefficient (Wildman–Crippen LogP) is 3.05. The van der Waals surface area contributed by atoms with Gasteiger partial charge in [0.1, 0.15) is 6.20 Å². The molecule has 0 bridgehead atoms. The third-order valence-electron chi connectivity index (χ3n) is 2.86. The number of pyridine rings is 1. The van der Waals surface area contributed by atoms with Crippen LogP contribution in [0, 0.1) is 10.1 Å². The first-order valence-corrected chi connectivity index (χ1v) is 5.99. The van der Waals surface area contributed by atoms with Crippen LogP contribution in [-0.2, 0) is 0 Å². The Balaban J connectivity index is 2.25. The molecule has 1 aliphatic carbocycles. The lowest BCUT2D eigenvalue weighted by molar-refractivity contribution is -0.386. The van der Waals surface area contributed by atoms with E-state index >= 15 is 0 Å². The molecule has 1 fully saturated rings. The van der Waals surface area contributed by atoms with Gasteiger partial charge in [-0.05, 0) is 25.2 Å². The minimum Gasteiger partial charge on any atom is -0.487 e. The largest absolute Gasteiger partial charge is 0.487 e. The molecule has 17 heavy (non-hydrogen) atoms. The molecule has 92 valence electrons. The fourth-order valence-electron chi connectivity index (χ4n) is 1.74. The summed E-state index contributed by atoms with van der Waals surface area (Å²) < 4.78 is 5.59. The number of unbranched alkanes of at least 4 members (excludes halogenated alkanes) is 1. The molecule has 1 heterocycles. The molecular weight excluding hydrogens is 220 g/mol. The molecular formula is C12H16N2O3. The average molecular weight is 236 g/mol. The van der Waals surface area contributed by atoms with Crippen molar-refractivity contribution in [2.24, 2.45) is 0 Å². The van der Waals surface area contributed by atoms with Crippen molar-refractivity contribution >= 4 is 5.69 Å². The Hall–Kier alpha value is -1.65. The second-order valence-electron chi connectivity index (χ2n) is 4.31. The second kappa shape index (κ2) is 5.12. The first-order valence-electron chi connectivity index (χ1n) is 5.99. The van der Waals surface area contributed by atoms with Crippen molar-refractivity contribution in [3.05, 3.63) is 28.1 Å². The maximum absolute atomic E-state index is 10.9. The highest BCUT2D eigenvalue weighted by Crippen LogP contribution is 2.46. The zero-order valence-electron chi connectivity index (χ0n) is 9.89. The highest BCUT2D eigenvalue weighted by atomic mass is 16.6. The van der Waals surface area contributed by atoms with Gasteiger partial charge in [0, 0.05) is 11.8 Å². The van der Waals surface area contributed by atoms with Crippen molar-refractivity contribution in [3.63, 3.8) is 0 Å². The van der Waals surface area contributed by atoms with Crippen molar-refractivity contribution in [2.75, 3.05) is 6.61 Å². The van der Waals surface area contributed by atoms with Crippen LogP contribution >= 0.6 is 0 Å². The average Bonchev–Trinajstić information content (AvgIpc) is 3.13. The van der Waals surface area contributed by atoms with Gasteiger partial charge in [-0.25, -0.2) is 0 Å². The molecule has 0 N–H and O–H groups in total. The van der Waals surface area contributed by atoms with Gasteiger partial charge in [-0.3, -0.25) is 15.1 Å². The van der Waals surface area contributed by atoms with E-state index in [0.29, 0.717) is 18.3 Å². The summed E-state index contributed by atoms with van der Waals surface area (Å²) in [7, 11) is 0. The van der Waals surface area contributed by atoms with Crippen LogP contribution < -0.4 is 4.74 Å². The molecule has 1 aromatic rings. The Morgan fingerprint density at radius 2 is 2.29 bits per heavy atom. The Bertz CT molecular complexity index is 416. The zero-order valence-corrected chi connectivity index (χ0v) is 9.89. The standard InChI is InChI=1S/C12H16N2O3/c1-2-3-6-17-12-10(9-4-5-9)7-13-8-11(12)14(15)16/h7-9H,2-6H2,1H3. The summed E-state index contributed by atoms with van der Waals surface area (Å²) in [6, 6.07) is 0. The van der Waals surface area contributed by atoms with Gasteiger partial charge >= 0.3 is 5.69 Å². The van der Waals surface area contributed by atoms with Gasteiger partial charge in [-0.15, -0.1) is 0 Å². The van der Waals surface area contributed by atoms with Crippen LogP contribution in [0.5, 0.6) is 5.75 Å². The summed E-state index contributed by atoms with van der Waals surface area (Å²) in [5.41, 5.74) is 0.890. The van der Waals surface area contributed by atoms with E-state index < -0.39 is 4.92 Å². The van der Waals surface area contributed by atoms with Crippen LogP contribution in [-0.4, -0.2) is 16.5 Å². The molecule has 1 saturated carbocycles. The molecule has 5 nitrogen and oxygen atoms in total. The predicted molar refractivity (Wildman–Crippen MR) is 63.3 cm³/mol. The molecule has 0 amide bonds. The number of rotatable bonds is 6. The van der Waals surface area contributed by atoms with E-state index in [9.17, 15) is 10.1 Å². The molecule has 0 aromatic carbocycles. The molecule has 5 heteroatoms. The number of hydrogen-bond acceptors (Lipinski definition) is 4. The minimum absolute atomic E-state index is 0.00879. The second-order valence-corrected chi connectivity index (χ2v) is 4.31. The molecule has 0 radical (unpaired) electrons. The van der Waals surface area contributed by atoms with E-state index in [-0.39, 0.29) is 5.69 Å². The van der Waals surface area contributed by atoms with Gasteiger partial charge in [-0.2, -0.15) is 0 Å². The fraction of sp³-hybridized carbons (Fsp3) is 0.583. The lowest BCUT2D eigenvalue weighted by atomic mass is 10.1. The summed E-state index contributed by atoms with van der Waals surface area (Å²) in [4.78, 5) is 14.5. The number of nitro groups is 1. The maximum Gasteiger partial charge on any atom is 0.329 e. The van der Waals surface area contributed by atoms with E-state index in [1.165, 1.54) is 6.20 Å². The summed E-state index contributed by atoms with van der Waals surface area (Å²) >= 11 is 0. The molecule has 1 aromatic heterocycles. The zero-order chi connectivity index (χ0) is 12.3. The van der Waals surface area contributed by atoms with E-state index in [4.69, 9.17) is 4.74 Å². The van der Waals surface area contributed by atoms with E-state index in [0.717, 1.165) is 31.2 Å². The van der Waals surface area contributed by atoms with Crippen molar-refractivity contribution in [3.8, 4) is 5.75 Å². The van der Waals surface area contributed by atoms with Gasteiger partial charge in [0.05, 0.1) is 11.5 Å². The Morgan fingerprint density at radius 1 is 1.53 bits per heavy atom. The fourth-order valence-corrected chi connectivity index (χ4v) is 1.74. The normalized spacial score (nSPS) is 14.6. The van der Waals surface area contributed by atoms with Gasteiger partial charge in [0.15, 0.2) is 0 Å². The molecule has 0 aliphatic heterocycles. The van der Waals surface area contributed by atoms with Crippen LogP contribution in [0.25, 0.3) is 0 Å². The number of hydrogen-bond donors (Lipinski definition) is 0. The molecule has 0 unspecified atom stereocenters. The summed E-state index contributed by atoms with van der Waals surface area (Å²) in [6.45, 7) is 2.59. The number of aromatic nitrogens is 1. The van der Waals surface area contributed by atoms with Crippen LogP contribution in [0.3, 0.4) is 0 Å². The SMILES string of the molecule is CCCCOc1c(C2CC2)cncc1[N+](=O)[O-]. The topological polar surface area (TPSA) is 65.3 Å². The van der Waals surface area contributed by atoms with Crippen molar-refractivity contribution in [1.29, 1.82) is 0 Å². The highest BCUT2D eigenvalue weighted by Gasteiger charge is 2.31. The highest BCUT2D eigenvalue weighted by molar-refractivity contribution is 5.51. The van der Waals surface area contributed by atoms with E-state index in [2.05, 4.69) is 11.9 Å². The lowest BCUT2D eigenvalue weighted by Gasteiger charge is -2.10. The summed E-state index contributed by atoms with van der Waals surface area (Å²) in [5, 5.41) is 10.9. The van der Waals surface area contributed by atoms with Crippen molar-refractivity contribution in [2.45, 2.75) is 38.5 Å². The molecule has 0 saturated heterocycles. The van der Waals surface area contributed by atoms with Crippen molar-refractivity contribution in [1.82, 2.24) is 4.98 Å². The molecule has 0 atom stereocenters. The lowest BCUT2D eigenvalue weighted by Crippen LogP contribution is -2.03. The number of nitrogens with zero attached hydrogens (tertiary/aromatic N) is 2. The summed E-state index contributed by atoms with van der Waals surface area (Å²) in [5.74, 6) is 0.833. The number of ether oxygens (including phenoxy) is 1. The molecule has 0 spiro atoms. The van der Waals surface area contributed by atoms with Crippen LogP contribution in [0.1, 0.15) is 44.1 Å². The summed E-state index contributed by atoms with van der Waals surface area (Å²) in [6.07, 6.45) is 7.04. The van der Waals surface area contributed by atoms with Gasteiger partial charge < -0.3 is 4.74 Å². The van der Waals surface area contributed by atoms with Gasteiger partial charge in [-0.1, -0.05) is 13.3 Å². The smallest absolute Gasteiger partial charge is 0.329 e. The van der Waals surface area contributed by atoms with E-state index in [1.807, 2.05) is 0 Å². The monoisotopic (exact) mass is 236 g/mol. The minimum atomic E-state index is -0.417. The van der Waals surface area contributed by atoms with Crippen molar-refractivity contribution < 1.29 is 9.66 Å². The Labute approximate surface area is 100.0 Å². The Morgan fingerprint density at radius 3 is 2.88 bits per heavy atom.